The molecule has 1 aliphatic rings. The first-order valence-electron chi connectivity index (χ1n) is 6.09. The molecule has 1 heterocycles. The van der Waals surface area contributed by atoms with Gasteiger partial charge >= 0.3 is 0 Å². The van der Waals surface area contributed by atoms with Crippen LogP contribution in [0.2, 0.25) is 0 Å². The summed E-state index contributed by atoms with van der Waals surface area (Å²) < 4.78 is 0. The lowest BCUT2D eigenvalue weighted by Gasteiger charge is -2.30. The predicted molar refractivity (Wildman–Crippen MR) is 61.0 cm³/mol. The van der Waals surface area contributed by atoms with Crippen LogP contribution < -0.4 is 5.32 Å². The van der Waals surface area contributed by atoms with Crippen molar-refractivity contribution in [3.8, 4) is 0 Å². The Hall–Kier alpha value is -0.120. The van der Waals surface area contributed by atoms with E-state index >= 15 is 0 Å². The Bertz CT molecular complexity index is 124. The molecule has 0 bridgehead atoms. The van der Waals surface area contributed by atoms with Crippen LogP contribution in [0.15, 0.2) is 0 Å². The van der Waals surface area contributed by atoms with E-state index in [-0.39, 0.29) is 0 Å². The Morgan fingerprint density at radius 3 is 2.21 bits per heavy atom. The van der Waals surface area contributed by atoms with Gasteiger partial charge in [0.2, 0.25) is 0 Å². The fraction of sp³-hybridized carbons (Fsp3) is 1.00. The van der Waals surface area contributed by atoms with Gasteiger partial charge in [0.25, 0.3) is 0 Å². The van der Waals surface area contributed by atoms with E-state index < -0.39 is 0 Å². The second-order valence-electron chi connectivity index (χ2n) is 4.05. The molecule has 0 aromatic rings. The van der Waals surface area contributed by atoms with E-state index in [9.17, 15) is 0 Å². The standard InChI is InChI=1S/C11H25N3/c1-3-5-8-13(9-6-4-2)14-10-7-12-11-14/h12H,3-11H2,1-2H3. The summed E-state index contributed by atoms with van der Waals surface area (Å²) in [6.07, 6.45) is 5.23. The zero-order valence-electron chi connectivity index (χ0n) is 9.76. The molecule has 0 spiro atoms. The highest BCUT2D eigenvalue weighted by molar-refractivity contribution is 4.65. The van der Waals surface area contributed by atoms with Crippen molar-refractivity contribution >= 4 is 0 Å². The Balaban J connectivity index is 2.26. The lowest BCUT2D eigenvalue weighted by atomic mass is 10.3. The molecule has 1 N–H and O–H groups in total. The van der Waals surface area contributed by atoms with Crippen molar-refractivity contribution in [1.29, 1.82) is 0 Å². The van der Waals surface area contributed by atoms with E-state index in [2.05, 4.69) is 29.2 Å². The lowest BCUT2D eigenvalue weighted by molar-refractivity contribution is -0.00657. The molecular formula is C11H25N3. The highest BCUT2D eigenvalue weighted by Crippen LogP contribution is 2.05. The largest absolute Gasteiger partial charge is 0.302 e. The maximum Gasteiger partial charge on any atom is 0.0624 e. The first-order valence-corrected chi connectivity index (χ1v) is 6.09. The van der Waals surface area contributed by atoms with E-state index in [1.807, 2.05) is 0 Å². The number of nitrogens with one attached hydrogen (secondary N) is 1. The van der Waals surface area contributed by atoms with Crippen LogP contribution in [0.3, 0.4) is 0 Å². The van der Waals surface area contributed by atoms with E-state index in [0.717, 1.165) is 13.2 Å². The fourth-order valence-corrected chi connectivity index (χ4v) is 1.81. The van der Waals surface area contributed by atoms with Gasteiger partial charge in [0.05, 0.1) is 6.67 Å². The number of hydrogen-bond acceptors (Lipinski definition) is 3. The molecule has 1 saturated heterocycles. The van der Waals surface area contributed by atoms with E-state index in [4.69, 9.17) is 0 Å². The summed E-state index contributed by atoms with van der Waals surface area (Å²) >= 11 is 0. The van der Waals surface area contributed by atoms with Crippen LogP contribution in [-0.4, -0.2) is 42.9 Å². The summed E-state index contributed by atoms with van der Waals surface area (Å²) in [7, 11) is 0. The second kappa shape index (κ2) is 7.21. The Labute approximate surface area is 88.4 Å². The first-order chi connectivity index (χ1) is 6.88. The van der Waals surface area contributed by atoms with Crippen LogP contribution in [-0.2, 0) is 0 Å². The van der Waals surface area contributed by atoms with Crippen LogP contribution in [0.25, 0.3) is 0 Å². The van der Waals surface area contributed by atoms with Crippen LogP contribution in [0.4, 0.5) is 0 Å². The van der Waals surface area contributed by atoms with Gasteiger partial charge in [-0.25, -0.2) is 10.0 Å². The minimum absolute atomic E-state index is 1.05. The van der Waals surface area contributed by atoms with Crippen molar-refractivity contribution in [3.05, 3.63) is 0 Å². The van der Waals surface area contributed by atoms with Gasteiger partial charge in [0.15, 0.2) is 0 Å². The molecule has 1 rings (SSSR count). The van der Waals surface area contributed by atoms with Crippen molar-refractivity contribution in [2.24, 2.45) is 0 Å². The van der Waals surface area contributed by atoms with Gasteiger partial charge in [0.1, 0.15) is 0 Å². The third-order valence-electron chi connectivity index (χ3n) is 2.78. The zero-order chi connectivity index (χ0) is 10.2. The number of unbranched alkanes of at least 4 members (excludes halogenated alkanes) is 2. The van der Waals surface area contributed by atoms with Gasteiger partial charge < -0.3 is 5.32 Å². The van der Waals surface area contributed by atoms with Crippen LogP contribution in [0, 0.1) is 0 Å². The SMILES string of the molecule is CCCCN(CCCC)N1CCNC1. The van der Waals surface area contributed by atoms with Gasteiger partial charge in [-0.1, -0.05) is 26.7 Å². The average Bonchev–Trinajstić information content (AvgIpc) is 2.71. The Morgan fingerprint density at radius 2 is 1.79 bits per heavy atom. The number of hydrogen-bond donors (Lipinski definition) is 1. The Morgan fingerprint density at radius 1 is 1.14 bits per heavy atom. The molecule has 0 atom stereocenters. The third-order valence-corrected chi connectivity index (χ3v) is 2.78. The summed E-state index contributed by atoms with van der Waals surface area (Å²) in [5.74, 6) is 0. The predicted octanol–water partition coefficient (Wildman–Crippen LogP) is 1.67. The van der Waals surface area contributed by atoms with E-state index in [1.54, 1.807) is 0 Å². The highest BCUT2D eigenvalue weighted by atomic mass is 15.7. The summed E-state index contributed by atoms with van der Waals surface area (Å²) in [6, 6.07) is 0. The van der Waals surface area contributed by atoms with Crippen molar-refractivity contribution in [2.45, 2.75) is 39.5 Å². The van der Waals surface area contributed by atoms with Gasteiger partial charge in [-0.2, -0.15) is 0 Å². The highest BCUT2D eigenvalue weighted by Gasteiger charge is 2.17. The minimum Gasteiger partial charge on any atom is -0.302 e. The van der Waals surface area contributed by atoms with Crippen LogP contribution in [0.1, 0.15) is 39.5 Å². The molecule has 14 heavy (non-hydrogen) atoms. The molecule has 0 aliphatic carbocycles. The molecule has 3 nitrogen and oxygen atoms in total. The number of hydrazine groups is 1. The fourth-order valence-electron chi connectivity index (χ4n) is 1.81. The van der Waals surface area contributed by atoms with Gasteiger partial charge in [-0.3, -0.25) is 0 Å². The normalized spacial score (nSPS) is 18.2. The average molecular weight is 199 g/mol. The van der Waals surface area contributed by atoms with Crippen molar-refractivity contribution in [2.75, 3.05) is 32.8 Å². The van der Waals surface area contributed by atoms with Gasteiger partial charge in [0, 0.05) is 26.2 Å². The maximum absolute atomic E-state index is 3.39. The lowest BCUT2D eigenvalue weighted by Crippen LogP contribution is -2.42. The topological polar surface area (TPSA) is 18.5 Å². The monoisotopic (exact) mass is 199 g/mol. The molecule has 0 saturated carbocycles. The summed E-state index contributed by atoms with van der Waals surface area (Å²) in [6.45, 7) is 10.4. The van der Waals surface area contributed by atoms with Crippen LogP contribution in [0.5, 0.6) is 0 Å². The molecule has 84 valence electrons. The molecule has 1 aliphatic heterocycles. The van der Waals surface area contributed by atoms with Crippen molar-refractivity contribution in [3.63, 3.8) is 0 Å². The molecule has 0 aromatic carbocycles. The number of rotatable bonds is 7. The summed E-state index contributed by atoms with van der Waals surface area (Å²) in [4.78, 5) is 0. The summed E-state index contributed by atoms with van der Waals surface area (Å²) in [5, 5.41) is 8.39. The van der Waals surface area contributed by atoms with E-state index in [1.165, 1.54) is 45.3 Å². The first kappa shape index (κ1) is 12.0. The molecule has 0 radical (unpaired) electrons. The van der Waals surface area contributed by atoms with Crippen molar-refractivity contribution < 1.29 is 0 Å². The Kier molecular flexibility index (Phi) is 6.15. The third kappa shape index (κ3) is 3.95. The van der Waals surface area contributed by atoms with Crippen LogP contribution >= 0.6 is 0 Å². The molecule has 1 fully saturated rings. The summed E-state index contributed by atoms with van der Waals surface area (Å²) in [5.41, 5.74) is 0. The molecular weight excluding hydrogens is 174 g/mol. The van der Waals surface area contributed by atoms with Gasteiger partial charge in [-0.05, 0) is 12.8 Å². The van der Waals surface area contributed by atoms with E-state index in [0.29, 0.717) is 0 Å². The quantitative estimate of drug-likeness (QED) is 0.673. The molecule has 3 heteroatoms. The van der Waals surface area contributed by atoms with Crippen molar-refractivity contribution in [1.82, 2.24) is 15.3 Å². The smallest absolute Gasteiger partial charge is 0.0624 e. The zero-order valence-corrected chi connectivity index (χ0v) is 9.76. The minimum atomic E-state index is 1.05. The molecule has 0 amide bonds. The second-order valence-corrected chi connectivity index (χ2v) is 4.05. The maximum atomic E-state index is 3.39. The molecule has 0 unspecified atom stereocenters. The molecule has 0 aromatic heterocycles. The van der Waals surface area contributed by atoms with Gasteiger partial charge in [-0.15, -0.1) is 0 Å². The number of nitrogens with zero attached hydrogens (tertiary/aromatic N) is 2.